The SMILES string of the molecule is Cc1cc(=O)n(CC(=O)NC(C)C)c(C)c1C(=O)N1CCC(C)(CN)C1.Cl. The lowest BCUT2D eigenvalue weighted by Gasteiger charge is -2.24. The zero-order valence-corrected chi connectivity index (χ0v) is 17.6. The van der Waals surface area contributed by atoms with Gasteiger partial charge in [-0.15, -0.1) is 12.4 Å². The van der Waals surface area contributed by atoms with Crippen molar-refractivity contribution in [1.82, 2.24) is 14.8 Å². The molecule has 2 rings (SSSR count). The van der Waals surface area contributed by atoms with E-state index in [9.17, 15) is 14.4 Å². The molecule has 0 bridgehead atoms. The molecule has 1 aromatic heterocycles. The van der Waals surface area contributed by atoms with Gasteiger partial charge in [0.15, 0.2) is 0 Å². The molecule has 3 N–H and O–H groups in total. The van der Waals surface area contributed by atoms with E-state index in [0.717, 1.165) is 6.42 Å². The Morgan fingerprint density at radius 2 is 1.96 bits per heavy atom. The molecule has 1 saturated heterocycles. The van der Waals surface area contributed by atoms with Crippen LogP contribution in [-0.4, -0.2) is 47.0 Å². The van der Waals surface area contributed by atoms with Gasteiger partial charge in [0.05, 0.1) is 5.56 Å². The first kappa shape index (κ1) is 23.2. The van der Waals surface area contributed by atoms with Gasteiger partial charge in [0.2, 0.25) is 5.91 Å². The number of carbonyl (C=O) groups is 2. The molecule has 1 fully saturated rings. The van der Waals surface area contributed by atoms with Gasteiger partial charge < -0.3 is 20.5 Å². The Kier molecular flexibility index (Phi) is 7.63. The van der Waals surface area contributed by atoms with Crippen molar-refractivity contribution >= 4 is 24.2 Å². The average molecular weight is 399 g/mol. The molecule has 0 aliphatic carbocycles. The van der Waals surface area contributed by atoms with Crippen LogP contribution in [0.3, 0.4) is 0 Å². The first-order valence-corrected chi connectivity index (χ1v) is 9.08. The van der Waals surface area contributed by atoms with Crippen LogP contribution in [-0.2, 0) is 11.3 Å². The van der Waals surface area contributed by atoms with Gasteiger partial charge in [-0.1, -0.05) is 6.92 Å². The number of likely N-dealkylation sites (tertiary alicyclic amines) is 1. The normalized spacial score (nSPS) is 19.1. The van der Waals surface area contributed by atoms with E-state index >= 15 is 0 Å². The topological polar surface area (TPSA) is 97.4 Å². The second kappa shape index (κ2) is 8.89. The Labute approximate surface area is 166 Å². The van der Waals surface area contributed by atoms with E-state index in [0.29, 0.717) is 36.5 Å². The molecule has 1 aliphatic heterocycles. The summed E-state index contributed by atoms with van der Waals surface area (Å²) in [5, 5.41) is 2.77. The lowest BCUT2D eigenvalue weighted by atomic mass is 9.90. The number of hydrogen-bond acceptors (Lipinski definition) is 4. The molecule has 1 unspecified atom stereocenters. The van der Waals surface area contributed by atoms with E-state index in [1.807, 2.05) is 13.8 Å². The molecule has 7 nitrogen and oxygen atoms in total. The number of nitrogens with two attached hydrogens (primary N) is 1. The van der Waals surface area contributed by atoms with Crippen LogP contribution in [0.15, 0.2) is 10.9 Å². The van der Waals surface area contributed by atoms with Crippen LogP contribution in [0.2, 0.25) is 0 Å². The van der Waals surface area contributed by atoms with E-state index in [-0.39, 0.29) is 47.8 Å². The summed E-state index contributed by atoms with van der Waals surface area (Å²) in [6.07, 6.45) is 0.865. The number of halogens is 1. The van der Waals surface area contributed by atoms with Gasteiger partial charge >= 0.3 is 0 Å². The minimum atomic E-state index is -0.274. The molecule has 152 valence electrons. The third kappa shape index (κ3) is 5.11. The predicted molar refractivity (Wildman–Crippen MR) is 108 cm³/mol. The number of hydrogen-bond donors (Lipinski definition) is 2. The van der Waals surface area contributed by atoms with Gasteiger partial charge in [-0.3, -0.25) is 14.4 Å². The maximum Gasteiger partial charge on any atom is 0.255 e. The van der Waals surface area contributed by atoms with Crippen LogP contribution >= 0.6 is 12.4 Å². The molecule has 27 heavy (non-hydrogen) atoms. The molecule has 1 aromatic rings. The maximum atomic E-state index is 13.1. The van der Waals surface area contributed by atoms with E-state index in [1.165, 1.54) is 10.6 Å². The minimum Gasteiger partial charge on any atom is -0.352 e. The number of pyridine rings is 1. The van der Waals surface area contributed by atoms with Crippen molar-refractivity contribution in [2.75, 3.05) is 19.6 Å². The Hall–Kier alpha value is -1.86. The van der Waals surface area contributed by atoms with Gasteiger partial charge in [-0.05, 0) is 51.6 Å². The molecule has 1 aliphatic rings. The molecule has 0 saturated carbocycles. The fourth-order valence-corrected chi connectivity index (χ4v) is 3.47. The average Bonchev–Trinajstić information content (AvgIpc) is 2.93. The molecule has 2 amide bonds. The maximum absolute atomic E-state index is 13.1. The number of aromatic nitrogens is 1. The highest BCUT2D eigenvalue weighted by atomic mass is 35.5. The van der Waals surface area contributed by atoms with Crippen LogP contribution < -0.4 is 16.6 Å². The van der Waals surface area contributed by atoms with E-state index in [2.05, 4.69) is 12.2 Å². The highest BCUT2D eigenvalue weighted by Crippen LogP contribution is 2.30. The number of carbonyl (C=O) groups excluding carboxylic acids is 2. The van der Waals surface area contributed by atoms with Crippen molar-refractivity contribution in [2.45, 2.75) is 53.6 Å². The molecular formula is C19H31ClN4O3. The summed E-state index contributed by atoms with van der Waals surface area (Å²) in [7, 11) is 0. The fourth-order valence-electron chi connectivity index (χ4n) is 3.47. The highest BCUT2D eigenvalue weighted by Gasteiger charge is 2.36. The van der Waals surface area contributed by atoms with Crippen molar-refractivity contribution in [3.63, 3.8) is 0 Å². The standard InChI is InChI=1S/C19H30N4O3.ClH/c1-12(2)21-15(24)9-23-14(4)17(13(3)8-16(23)25)18(26)22-7-6-19(5,10-20)11-22;/h8,12H,6-7,9-11,20H2,1-5H3,(H,21,24);1H. The fraction of sp³-hybridized carbons (Fsp3) is 0.632. The third-order valence-electron chi connectivity index (χ3n) is 5.07. The Balaban J connectivity index is 0.00000364. The van der Waals surface area contributed by atoms with E-state index in [1.54, 1.807) is 18.7 Å². The number of amides is 2. The molecule has 0 spiro atoms. The summed E-state index contributed by atoms with van der Waals surface area (Å²) in [5.41, 5.74) is 7.17. The molecule has 0 aromatic carbocycles. The molecule has 0 radical (unpaired) electrons. The molecule has 8 heteroatoms. The van der Waals surface area contributed by atoms with Crippen molar-refractivity contribution < 1.29 is 9.59 Å². The van der Waals surface area contributed by atoms with Crippen molar-refractivity contribution in [1.29, 1.82) is 0 Å². The zero-order chi connectivity index (χ0) is 19.6. The summed E-state index contributed by atoms with van der Waals surface area (Å²) in [6, 6.07) is 1.42. The lowest BCUT2D eigenvalue weighted by Crippen LogP contribution is -2.39. The number of nitrogens with one attached hydrogen (secondary N) is 1. The number of nitrogens with zero attached hydrogens (tertiary/aromatic N) is 2. The Bertz CT molecular complexity index is 775. The summed E-state index contributed by atoms with van der Waals surface area (Å²) in [5.74, 6) is -0.348. The van der Waals surface area contributed by atoms with Gasteiger partial charge in [0.1, 0.15) is 6.54 Å². The summed E-state index contributed by atoms with van der Waals surface area (Å²) in [6.45, 7) is 11.0. The van der Waals surface area contributed by atoms with Crippen LogP contribution in [0.5, 0.6) is 0 Å². The first-order valence-electron chi connectivity index (χ1n) is 9.08. The lowest BCUT2D eigenvalue weighted by molar-refractivity contribution is -0.122. The first-order chi connectivity index (χ1) is 12.1. The summed E-state index contributed by atoms with van der Waals surface area (Å²) < 4.78 is 1.37. The summed E-state index contributed by atoms with van der Waals surface area (Å²) in [4.78, 5) is 39.3. The number of rotatable bonds is 5. The molecule has 2 heterocycles. The third-order valence-corrected chi connectivity index (χ3v) is 5.07. The van der Waals surface area contributed by atoms with Gasteiger partial charge in [0, 0.05) is 30.9 Å². The quantitative estimate of drug-likeness (QED) is 0.779. The van der Waals surface area contributed by atoms with E-state index < -0.39 is 0 Å². The second-order valence-corrected chi connectivity index (χ2v) is 7.93. The predicted octanol–water partition coefficient (Wildman–Crippen LogP) is 1.22. The van der Waals surface area contributed by atoms with Crippen LogP contribution in [0.4, 0.5) is 0 Å². The zero-order valence-electron chi connectivity index (χ0n) is 16.8. The van der Waals surface area contributed by atoms with Crippen molar-refractivity contribution in [3.05, 3.63) is 33.2 Å². The largest absolute Gasteiger partial charge is 0.352 e. The number of aryl methyl sites for hydroxylation is 1. The van der Waals surface area contributed by atoms with Crippen LogP contribution in [0.1, 0.15) is 48.8 Å². The minimum absolute atomic E-state index is 0. The molecular weight excluding hydrogens is 368 g/mol. The van der Waals surface area contributed by atoms with Crippen molar-refractivity contribution in [3.8, 4) is 0 Å². The van der Waals surface area contributed by atoms with Crippen molar-refractivity contribution in [2.24, 2.45) is 11.1 Å². The van der Waals surface area contributed by atoms with Gasteiger partial charge in [-0.25, -0.2) is 0 Å². The van der Waals surface area contributed by atoms with E-state index in [4.69, 9.17) is 5.73 Å². The highest BCUT2D eigenvalue weighted by molar-refractivity contribution is 5.97. The Morgan fingerprint density at radius 3 is 2.48 bits per heavy atom. The summed E-state index contributed by atoms with van der Waals surface area (Å²) >= 11 is 0. The second-order valence-electron chi connectivity index (χ2n) is 7.93. The smallest absolute Gasteiger partial charge is 0.255 e. The Morgan fingerprint density at radius 1 is 1.33 bits per heavy atom. The monoisotopic (exact) mass is 398 g/mol. The van der Waals surface area contributed by atoms with Gasteiger partial charge in [0.25, 0.3) is 11.5 Å². The van der Waals surface area contributed by atoms with Crippen LogP contribution in [0, 0.1) is 19.3 Å². The molecule has 1 atom stereocenters. The van der Waals surface area contributed by atoms with Crippen LogP contribution in [0.25, 0.3) is 0 Å². The van der Waals surface area contributed by atoms with Gasteiger partial charge in [-0.2, -0.15) is 0 Å².